The first kappa shape index (κ1) is 27.8. The van der Waals surface area contributed by atoms with Crippen LogP contribution in [0.25, 0.3) is 11.3 Å². The Hall–Kier alpha value is -3.80. The van der Waals surface area contributed by atoms with Gasteiger partial charge < -0.3 is 30.1 Å². The number of ether oxygens (including phenoxy) is 2. The van der Waals surface area contributed by atoms with E-state index < -0.39 is 24.4 Å². The molecule has 0 aliphatic carbocycles. The molecule has 2 aliphatic rings. The predicted molar refractivity (Wildman–Crippen MR) is 146 cm³/mol. The monoisotopic (exact) mass is 569 g/mol. The Morgan fingerprint density at radius 2 is 2.10 bits per heavy atom. The van der Waals surface area contributed by atoms with Gasteiger partial charge in [-0.05, 0) is 30.5 Å². The summed E-state index contributed by atoms with van der Waals surface area (Å²) in [4.78, 5) is 36.3. The van der Waals surface area contributed by atoms with E-state index in [1.165, 1.54) is 30.3 Å². The number of rotatable bonds is 9. The lowest BCUT2D eigenvalue weighted by molar-refractivity contribution is -0.122. The average molecular weight is 570 g/mol. The molecule has 3 N–H and O–H groups in total. The van der Waals surface area contributed by atoms with Crippen molar-refractivity contribution in [1.82, 2.24) is 20.2 Å². The summed E-state index contributed by atoms with van der Waals surface area (Å²) in [6, 6.07) is 9.03. The molecule has 12 heteroatoms. The van der Waals surface area contributed by atoms with Crippen molar-refractivity contribution in [1.29, 1.82) is 0 Å². The van der Waals surface area contributed by atoms with Crippen LogP contribution in [-0.4, -0.2) is 71.3 Å². The van der Waals surface area contributed by atoms with Crippen LogP contribution >= 0.6 is 11.6 Å². The summed E-state index contributed by atoms with van der Waals surface area (Å²) in [7, 11) is 1.33. The zero-order valence-corrected chi connectivity index (χ0v) is 22.6. The van der Waals surface area contributed by atoms with Gasteiger partial charge in [0.05, 0.1) is 36.7 Å². The van der Waals surface area contributed by atoms with Gasteiger partial charge in [0.25, 0.3) is 5.91 Å². The number of anilines is 1. The average Bonchev–Trinajstić information content (AvgIpc) is 3.27. The van der Waals surface area contributed by atoms with Crippen molar-refractivity contribution in [2.75, 3.05) is 38.8 Å². The molecule has 1 aromatic heterocycles. The van der Waals surface area contributed by atoms with Gasteiger partial charge in [0.2, 0.25) is 11.9 Å². The van der Waals surface area contributed by atoms with Gasteiger partial charge in [0.15, 0.2) is 11.6 Å². The first-order valence-electron chi connectivity index (χ1n) is 12.9. The Bertz CT molecular complexity index is 1420. The summed E-state index contributed by atoms with van der Waals surface area (Å²) in [5.74, 6) is -1.09. The molecule has 0 unspecified atom stereocenters. The fourth-order valence-corrected chi connectivity index (χ4v) is 5.09. The van der Waals surface area contributed by atoms with E-state index in [0.717, 1.165) is 18.4 Å². The third-order valence-electron chi connectivity index (χ3n) is 7.00. The fraction of sp³-hybridized carbons (Fsp3) is 0.357. The number of nitrogens with one attached hydrogen (secondary N) is 2. The van der Waals surface area contributed by atoms with E-state index in [1.54, 1.807) is 12.1 Å². The molecule has 0 radical (unpaired) electrons. The molecular formula is C28H29ClFN5O5. The maximum atomic E-state index is 14.7. The zero-order chi connectivity index (χ0) is 28.2. The van der Waals surface area contributed by atoms with Crippen molar-refractivity contribution in [3.05, 3.63) is 70.1 Å². The van der Waals surface area contributed by atoms with Gasteiger partial charge in [-0.25, -0.2) is 14.4 Å². The van der Waals surface area contributed by atoms with E-state index in [2.05, 4.69) is 20.6 Å². The summed E-state index contributed by atoms with van der Waals surface area (Å²) in [6.07, 6.45) is 3.23. The Morgan fingerprint density at radius 3 is 2.85 bits per heavy atom. The highest BCUT2D eigenvalue weighted by Gasteiger charge is 2.30. The normalized spacial score (nSPS) is 16.0. The molecule has 1 fully saturated rings. The summed E-state index contributed by atoms with van der Waals surface area (Å²) in [5.41, 5.74) is 2.42. The Kier molecular flexibility index (Phi) is 8.43. The lowest BCUT2D eigenvalue weighted by Gasteiger charge is -2.23. The number of aliphatic hydroxyl groups is 1. The maximum Gasteiger partial charge on any atom is 0.254 e. The molecule has 2 aliphatic heterocycles. The second-order valence-corrected chi connectivity index (χ2v) is 10.0. The number of halogens is 2. The topological polar surface area (TPSA) is 126 Å². The van der Waals surface area contributed by atoms with Gasteiger partial charge in [-0.3, -0.25) is 9.59 Å². The molecule has 10 nitrogen and oxygen atoms in total. The summed E-state index contributed by atoms with van der Waals surface area (Å²) < 4.78 is 25.1. The van der Waals surface area contributed by atoms with Crippen molar-refractivity contribution in [3.63, 3.8) is 0 Å². The minimum Gasteiger partial charge on any atom is -0.494 e. The molecular weight excluding hydrogens is 541 g/mol. The molecule has 5 rings (SSSR count). The van der Waals surface area contributed by atoms with E-state index in [9.17, 15) is 19.1 Å². The number of nitrogens with zero attached hydrogens (tertiary/aromatic N) is 3. The predicted octanol–water partition coefficient (Wildman–Crippen LogP) is 3.34. The van der Waals surface area contributed by atoms with Crippen LogP contribution in [0, 0.1) is 5.82 Å². The van der Waals surface area contributed by atoms with Gasteiger partial charge in [-0.15, -0.1) is 0 Å². The number of carbonyl (C=O) groups excluding carboxylic acids is 2. The van der Waals surface area contributed by atoms with Crippen molar-refractivity contribution >= 4 is 29.4 Å². The number of methoxy groups -OCH3 is 1. The van der Waals surface area contributed by atoms with Crippen LogP contribution in [0.2, 0.25) is 5.02 Å². The number of fused-ring (bicyclic) bond motifs is 1. The van der Waals surface area contributed by atoms with Gasteiger partial charge in [0, 0.05) is 42.5 Å². The standard InChI is InChI=1S/C28H29ClFN5O5/c1-39-23-4-2-3-19(25(23)30)22(15-36)33-24(37)14-35-13-17-6-5-16(11-20(17)27(35)38)26-21(29)12-31-28(34-26)32-18-7-9-40-10-8-18/h2-6,11-12,18,22,36H,7-10,13-15H2,1H3,(H,33,37)(H,31,32,34)/t22-/m1/s1. The Labute approximate surface area is 235 Å². The van der Waals surface area contributed by atoms with Crippen LogP contribution in [0.4, 0.5) is 10.3 Å². The third kappa shape index (κ3) is 5.86. The van der Waals surface area contributed by atoms with Gasteiger partial charge >= 0.3 is 0 Å². The number of benzene rings is 2. The molecule has 0 bridgehead atoms. The molecule has 0 saturated carbocycles. The lowest BCUT2D eigenvalue weighted by atomic mass is 10.0. The largest absolute Gasteiger partial charge is 0.494 e. The van der Waals surface area contributed by atoms with Crippen molar-refractivity contribution in [2.45, 2.75) is 31.5 Å². The van der Waals surface area contributed by atoms with Crippen LogP contribution in [0.1, 0.15) is 40.4 Å². The van der Waals surface area contributed by atoms with Crippen LogP contribution in [0.5, 0.6) is 5.75 Å². The van der Waals surface area contributed by atoms with Gasteiger partial charge in [-0.1, -0.05) is 35.9 Å². The van der Waals surface area contributed by atoms with Gasteiger partial charge in [-0.2, -0.15) is 0 Å². The van der Waals surface area contributed by atoms with E-state index in [0.29, 0.717) is 41.0 Å². The number of hydrogen-bond acceptors (Lipinski definition) is 8. The number of aromatic nitrogens is 2. The molecule has 2 amide bonds. The molecule has 3 aromatic rings. The smallest absolute Gasteiger partial charge is 0.254 e. The second kappa shape index (κ2) is 12.2. The van der Waals surface area contributed by atoms with Crippen molar-refractivity contribution in [2.24, 2.45) is 0 Å². The van der Waals surface area contributed by atoms with Crippen LogP contribution < -0.4 is 15.4 Å². The first-order chi connectivity index (χ1) is 19.4. The highest BCUT2D eigenvalue weighted by molar-refractivity contribution is 6.33. The minimum atomic E-state index is -1.00. The number of hydrogen-bond donors (Lipinski definition) is 3. The highest BCUT2D eigenvalue weighted by Crippen LogP contribution is 2.32. The summed E-state index contributed by atoms with van der Waals surface area (Å²) in [6.45, 7) is 0.792. The second-order valence-electron chi connectivity index (χ2n) is 9.62. The lowest BCUT2D eigenvalue weighted by Crippen LogP contribution is -2.40. The van der Waals surface area contributed by atoms with E-state index in [-0.39, 0.29) is 36.4 Å². The fourth-order valence-electron chi connectivity index (χ4n) is 4.89. The first-order valence-corrected chi connectivity index (χ1v) is 13.3. The maximum absolute atomic E-state index is 14.7. The summed E-state index contributed by atoms with van der Waals surface area (Å²) in [5, 5.41) is 16.1. The molecule has 1 saturated heterocycles. The van der Waals surface area contributed by atoms with Crippen LogP contribution in [0.15, 0.2) is 42.6 Å². The van der Waals surface area contributed by atoms with E-state index in [4.69, 9.17) is 21.1 Å². The number of aliphatic hydroxyl groups excluding tert-OH is 1. The quantitative estimate of drug-likeness (QED) is 0.358. The minimum absolute atomic E-state index is 0.00134. The van der Waals surface area contributed by atoms with Crippen LogP contribution in [0.3, 0.4) is 0 Å². The molecule has 210 valence electrons. The molecule has 3 heterocycles. The molecule has 0 spiro atoms. The van der Waals surface area contributed by atoms with Crippen molar-refractivity contribution < 1.29 is 28.6 Å². The molecule has 2 aromatic carbocycles. The SMILES string of the molecule is COc1cccc([C@@H](CO)NC(=O)CN2Cc3ccc(-c4nc(NC5CCOCC5)ncc4Cl)cc3C2=O)c1F. The molecule has 1 atom stereocenters. The molecule has 40 heavy (non-hydrogen) atoms. The Balaban J connectivity index is 1.28. The Morgan fingerprint density at radius 1 is 1.30 bits per heavy atom. The third-order valence-corrected chi connectivity index (χ3v) is 7.28. The summed E-state index contributed by atoms with van der Waals surface area (Å²) >= 11 is 6.43. The zero-order valence-electron chi connectivity index (χ0n) is 21.8. The van der Waals surface area contributed by atoms with E-state index in [1.807, 2.05) is 12.1 Å². The highest BCUT2D eigenvalue weighted by atomic mass is 35.5. The van der Waals surface area contributed by atoms with Gasteiger partial charge in [0.1, 0.15) is 6.54 Å². The number of carbonyl (C=O) groups is 2. The van der Waals surface area contributed by atoms with E-state index >= 15 is 0 Å². The number of amides is 2. The van der Waals surface area contributed by atoms with Crippen LogP contribution in [-0.2, 0) is 16.1 Å². The van der Waals surface area contributed by atoms with Crippen molar-refractivity contribution in [3.8, 4) is 17.0 Å².